The minimum Gasteiger partial charge on any atom is -0.308 e. The van der Waals surface area contributed by atoms with Gasteiger partial charge in [-0.05, 0) is 49.4 Å². The van der Waals surface area contributed by atoms with Crippen molar-refractivity contribution in [2.24, 2.45) is 0 Å². The number of nitrogens with one attached hydrogen (secondary N) is 1. The van der Waals surface area contributed by atoms with Gasteiger partial charge < -0.3 is 5.32 Å². The summed E-state index contributed by atoms with van der Waals surface area (Å²) in [4.78, 5) is 8.47. The number of rotatable bonds is 4. The van der Waals surface area contributed by atoms with Crippen molar-refractivity contribution >= 4 is 0 Å². The minimum absolute atomic E-state index is 0.165. The van der Waals surface area contributed by atoms with Crippen LogP contribution in [0.1, 0.15) is 35.8 Å². The third-order valence-electron chi connectivity index (χ3n) is 3.89. The lowest BCUT2D eigenvalue weighted by molar-refractivity contribution is 0.288. The van der Waals surface area contributed by atoms with Crippen LogP contribution in [0.3, 0.4) is 0 Å². The fourth-order valence-electron chi connectivity index (χ4n) is 2.64. The Kier molecular flexibility index (Phi) is 3.74. The Labute approximate surface area is 118 Å². The quantitative estimate of drug-likeness (QED) is 0.929. The predicted octanol–water partition coefficient (Wildman–Crippen LogP) is 2.96. The van der Waals surface area contributed by atoms with Crippen molar-refractivity contribution < 1.29 is 4.39 Å². The minimum atomic E-state index is -0.165. The summed E-state index contributed by atoms with van der Waals surface area (Å²) in [7, 11) is 0. The monoisotopic (exact) mass is 271 g/mol. The molecule has 4 heteroatoms. The van der Waals surface area contributed by atoms with Crippen LogP contribution in [0.25, 0.3) is 0 Å². The molecule has 3 nitrogen and oxygen atoms in total. The highest BCUT2D eigenvalue weighted by molar-refractivity contribution is 5.23. The van der Waals surface area contributed by atoms with Gasteiger partial charge in [-0.15, -0.1) is 0 Å². The van der Waals surface area contributed by atoms with Crippen LogP contribution in [-0.2, 0) is 6.54 Å². The molecule has 0 bridgehead atoms. The van der Waals surface area contributed by atoms with E-state index in [0.29, 0.717) is 12.0 Å². The zero-order valence-electron chi connectivity index (χ0n) is 11.5. The van der Waals surface area contributed by atoms with Gasteiger partial charge in [0, 0.05) is 18.8 Å². The highest BCUT2D eigenvalue weighted by Crippen LogP contribution is 2.36. The molecule has 1 aliphatic rings. The molecule has 0 aliphatic heterocycles. The summed E-state index contributed by atoms with van der Waals surface area (Å²) in [6.45, 7) is 2.68. The second kappa shape index (κ2) is 5.67. The van der Waals surface area contributed by atoms with E-state index < -0.39 is 0 Å². The summed E-state index contributed by atoms with van der Waals surface area (Å²) in [6, 6.07) is 9.34. The van der Waals surface area contributed by atoms with E-state index in [0.717, 1.165) is 30.9 Å². The number of nitrogens with zero attached hydrogens (tertiary/aromatic N) is 2. The van der Waals surface area contributed by atoms with Gasteiger partial charge in [-0.1, -0.05) is 12.1 Å². The molecular weight excluding hydrogens is 253 g/mol. The second-order valence-electron chi connectivity index (χ2n) is 5.39. The number of halogens is 1. The SMILES string of the molecule is Cc1nccc(CNC2CC(c3ccc(F)cc3)C2)n1. The summed E-state index contributed by atoms with van der Waals surface area (Å²) in [5.74, 6) is 1.20. The Morgan fingerprint density at radius 1 is 1.20 bits per heavy atom. The van der Waals surface area contributed by atoms with Crippen LogP contribution >= 0.6 is 0 Å². The molecule has 1 heterocycles. The number of aromatic nitrogens is 2. The maximum atomic E-state index is 12.9. The Hall–Kier alpha value is -1.81. The van der Waals surface area contributed by atoms with Gasteiger partial charge in [0.15, 0.2) is 0 Å². The van der Waals surface area contributed by atoms with Crippen molar-refractivity contribution in [3.05, 3.63) is 59.4 Å². The molecule has 0 unspecified atom stereocenters. The lowest BCUT2D eigenvalue weighted by atomic mass is 9.76. The molecule has 1 aromatic heterocycles. The standard InChI is InChI=1S/C16H18FN3/c1-11-18-7-6-15(20-11)10-19-16-8-13(9-16)12-2-4-14(17)5-3-12/h2-7,13,16,19H,8-10H2,1H3. The first kappa shape index (κ1) is 13.2. The van der Waals surface area contributed by atoms with Gasteiger partial charge in [0.1, 0.15) is 11.6 Å². The zero-order valence-corrected chi connectivity index (χ0v) is 11.5. The van der Waals surface area contributed by atoms with E-state index in [2.05, 4.69) is 15.3 Å². The highest BCUT2D eigenvalue weighted by Gasteiger charge is 2.29. The summed E-state index contributed by atoms with van der Waals surface area (Å²) < 4.78 is 12.9. The average molecular weight is 271 g/mol. The van der Waals surface area contributed by atoms with Crippen LogP contribution < -0.4 is 5.32 Å². The topological polar surface area (TPSA) is 37.8 Å². The van der Waals surface area contributed by atoms with Gasteiger partial charge in [0.05, 0.1) is 5.69 Å². The first-order valence-electron chi connectivity index (χ1n) is 6.98. The molecule has 1 N–H and O–H groups in total. The van der Waals surface area contributed by atoms with E-state index in [4.69, 9.17) is 0 Å². The molecule has 0 radical (unpaired) electrons. The molecule has 2 aromatic rings. The molecule has 0 spiro atoms. The summed E-state index contributed by atoms with van der Waals surface area (Å²) in [6.07, 6.45) is 4.01. The molecule has 0 atom stereocenters. The van der Waals surface area contributed by atoms with Crippen molar-refractivity contribution in [3.63, 3.8) is 0 Å². The largest absolute Gasteiger partial charge is 0.308 e. The number of aryl methyl sites for hydroxylation is 1. The maximum absolute atomic E-state index is 12.9. The van der Waals surface area contributed by atoms with E-state index in [1.807, 2.05) is 25.1 Å². The molecule has 20 heavy (non-hydrogen) atoms. The average Bonchev–Trinajstić information content (AvgIpc) is 2.39. The Morgan fingerprint density at radius 3 is 2.65 bits per heavy atom. The van der Waals surface area contributed by atoms with Crippen LogP contribution in [0.2, 0.25) is 0 Å². The van der Waals surface area contributed by atoms with E-state index in [-0.39, 0.29) is 5.82 Å². The van der Waals surface area contributed by atoms with Crippen LogP contribution in [0.5, 0.6) is 0 Å². The van der Waals surface area contributed by atoms with Crippen molar-refractivity contribution in [1.82, 2.24) is 15.3 Å². The van der Waals surface area contributed by atoms with Crippen LogP contribution in [0, 0.1) is 12.7 Å². The van der Waals surface area contributed by atoms with Gasteiger partial charge in [0.2, 0.25) is 0 Å². The Morgan fingerprint density at radius 2 is 1.95 bits per heavy atom. The van der Waals surface area contributed by atoms with Crippen molar-refractivity contribution in [2.75, 3.05) is 0 Å². The van der Waals surface area contributed by atoms with Gasteiger partial charge in [-0.25, -0.2) is 14.4 Å². The van der Waals surface area contributed by atoms with Crippen molar-refractivity contribution in [3.8, 4) is 0 Å². The van der Waals surface area contributed by atoms with Crippen LogP contribution in [-0.4, -0.2) is 16.0 Å². The van der Waals surface area contributed by atoms with Crippen molar-refractivity contribution in [1.29, 1.82) is 0 Å². The molecule has 0 amide bonds. The third-order valence-corrected chi connectivity index (χ3v) is 3.89. The van der Waals surface area contributed by atoms with E-state index >= 15 is 0 Å². The molecule has 1 aromatic carbocycles. The fraction of sp³-hybridized carbons (Fsp3) is 0.375. The second-order valence-corrected chi connectivity index (χ2v) is 5.39. The Balaban J connectivity index is 1.48. The fourth-order valence-corrected chi connectivity index (χ4v) is 2.64. The summed E-state index contributed by atoms with van der Waals surface area (Å²) in [5, 5.41) is 3.51. The van der Waals surface area contributed by atoms with E-state index in [1.165, 1.54) is 5.56 Å². The zero-order chi connectivity index (χ0) is 13.9. The van der Waals surface area contributed by atoms with Crippen molar-refractivity contribution in [2.45, 2.75) is 38.3 Å². The molecule has 104 valence electrons. The number of benzene rings is 1. The summed E-state index contributed by atoms with van der Waals surface area (Å²) >= 11 is 0. The van der Waals surface area contributed by atoms with E-state index in [9.17, 15) is 4.39 Å². The Bertz CT molecular complexity index is 577. The molecule has 3 rings (SSSR count). The molecule has 1 fully saturated rings. The van der Waals surface area contributed by atoms with Crippen LogP contribution in [0.4, 0.5) is 4.39 Å². The number of hydrogen-bond donors (Lipinski definition) is 1. The molecule has 0 saturated heterocycles. The lowest BCUT2D eigenvalue weighted by Crippen LogP contribution is -2.39. The van der Waals surface area contributed by atoms with E-state index in [1.54, 1.807) is 18.3 Å². The molecule has 1 aliphatic carbocycles. The van der Waals surface area contributed by atoms with Gasteiger partial charge in [0.25, 0.3) is 0 Å². The smallest absolute Gasteiger partial charge is 0.125 e. The third kappa shape index (κ3) is 3.02. The van der Waals surface area contributed by atoms with Crippen LogP contribution in [0.15, 0.2) is 36.5 Å². The van der Waals surface area contributed by atoms with Gasteiger partial charge >= 0.3 is 0 Å². The maximum Gasteiger partial charge on any atom is 0.125 e. The molecular formula is C16H18FN3. The molecule has 1 saturated carbocycles. The predicted molar refractivity (Wildman–Crippen MR) is 75.8 cm³/mol. The van der Waals surface area contributed by atoms with Gasteiger partial charge in [-0.3, -0.25) is 0 Å². The summed E-state index contributed by atoms with van der Waals surface area (Å²) in [5.41, 5.74) is 2.27. The first-order valence-corrected chi connectivity index (χ1v) is 6.98. The normalized spacial score (nSPS) is 21.5. The highest BCUT2D eigenvalue weighted by atomic mass is 19.1. The number of hydrogen-bond acceptors (Lipinski definition) is 3. The van der Waals surface area contributed by atoms with Gasteiger partial charge in [-0.2, -0.15) is 0 Å². The lowest BCUT2D eigenvalue weighted by Gasteiger charge is -2.36. The first-order chi connectivity index (χ1) is 9.70.